The molecule has 2 N–H and O–H groups in total. The van der Waals surface area contributed by atoms with E-state index >= 15 is 0 Å². The predicted molar refractivity (Wildman–Crippen MR) is 107 cm³/mol. The summed E-state index contributed by atoms with van der Waals surface area (Å²) in [6, 6.07) is 15.1. The van der Waals surface area contributed by atoms with Gasteiger partial charge in [0.25, 0.3) is 5.91 Å². The summed E-state index contributed by atoms with van der Waals surface area (Å²) in [4.78, 5) is 20.9. The molecular formula is C21H22N4O2. The van der Waals surface area contributed by atoms with Gasteiger partial charge in [0.15, 0.2) is 0 Å². The molecule has 0 aliphatic rings. The molecule has 3 aromatic rings. The van der Waals surface area contributed by atoms with Gasteiger partial charge in [-0.3, -0.25) is 4.79 Å². The van der Waals surface area contributed by atoms with Crippen LogP contribution >= 0.6 is 0 Å². The van der Waals surface area contributed by atoms with Crippen LogP contribution in [0, 0.1) is 13.8 Å². The molecule has 0 radical (unpaired) electrons. The Morgan fingerprint density at radius 2 is 1.85 bits per heavy atom. The van der Waals surface area contributed by atoms with Gasteiger partial charge in [-0.15, -0.1) is 0 Å². The Morgan fingerprint density at radius 1 is 1.04 bits per heavy atom. The number of hydrogen-bond acceptors (Lipinski definition) is 5. The quantitative estimate of drug-likeness (QED) is 0.676. The largest absolute Gasteiger partial charge is 0.492 e. The molecule has 0 fully saturated rings. The van der Waals surface area contributed by atoms with Crippen molar-refractivity contribution in [3.05, 3.63) is 71.7 Å². The number of para-hydroxylation sites is 2. The lowest BCUT2D eigenvalue weighted by Crippen LogP contribution is -2.15. The first kappa shape index (κ1) is 18.4. The van der Waals surface area contributed by atoms with Crippen molar-refractivity contribution in [2.24, 2.45) is 0 Å². The highest BCUT2D eigenvalue weighted by molar-refractivity contribution is 6.03. The third-order valence-electron chi connectivity index (χ3n) is 3.98. The Hall–Kier alpha value is -3.41. The van der Waals surface area contributed by atoms with E-state index in [4.69, 9.17) is 4.74 Å². The number of rotatable bonds is 6. The predicted octanol–water partition coefficient (Wildman–Crippen LogP) is 4.49. The van der Waals surface area contributed by atoms with E-state index in [0.717, 1.165) is 28.3 Å². The van der Waals surface area contributed by atoms with E-state index in [0.29, 0.717) is 12.4 Å². The average molecular weight is 362 g/mol. The average Bonchev–Trinajstić information content (AvgIpc) is 2.66. The van der Waals surface area contributed by atoms with Crippen molar-refractivity contribution in [2.75, 3.05) is 17.2 Å². The van der Waals surface area contributed by atoms with Crippen LogP contribution < -0.4 is 15.4 Å². The van der Waals surface area contributed by atoms with E-state index in [2.05, 4.69) is 20.6 Å². The van der Waals surface area contributed by atoms with Gasteiger partial charge in [-0.1, -0.05) is 29.8 Å². The molecule has 1 aromatic heterocycles. The van der Waals surface area contributed by atoms with Crippen molar-refractivity contribution < 1.29 is 9.53 Å². The molecule has 0 saturated heterocycles. The van der Waals surface area contributed by atoms with Crippen LogP contribution in [0.4, 0.5) is 17.2 Å². The third-order valence-corrected chi connectivity index (χ3v) is 3.98. The number of benzene rings is 2. The van der Waals surface area contributed by atoms with Crippen LogP contribution in [-0.2, 0) is 0 Å². The fourth-order valence-electron chi connectivity index (χ4n) is 2.68. The normalized spacial score (nSPS) is 10.3. The highest BCUT2D eigenvalue weighted by Gasteiger charge is 2.11. The maximum atomic E-state index is 12.6. The van der Waals surface area contributed by atoms with Crippen molar-refractivity contribution in [3.8, 4) is 5.75 Å². The van der Waals surface area contributed by atoms with E-state index in [1.807, 2.05) is 63.2 Å². The first-order valence-electron chi connectivity index (χ1n) is 8.76. The summed E-state index contributed by atoms with van der Waals surface area (Å²) in [6.07, 6.45) is 1.36. The van der Waals surface area contributed by atoms with Gasteiger partial charge in [-0.25, -0.2) is 9.97 Å². The summed E-state index contributed by atoms with van der Waals surface area (Å²) in [5.41, 5.74) is 3.97. The molecule has 3 rings (SSSR count). The minimum atomic E-state index is -0.287. The molecular weight excluding hydrogens is 340 g/mol. The molecule has 0 spiro atoms. The number of nitrogens with one attached hydrogen (secondary N) is 2. The van der Waals surface area contributed by atoms with Crippen LogP contribution in [0.2, 0.25) is 0 Å². The maximum Gasteiger partial charge on any atom is 0.274 e. The van der Waals surface area contributed by atoms with Gasteiger partial charge in [0.1, 0.15) is 23.6 Å². The smallest absolute Gasteiger partial charge is 0.274 e. The van der Waals surface area contributed by atoms with Crippen molar-refractivity contribution in [1.82, 2.24) is 9.97 Å². The van der Waals surface area contributed by atoms with Gasteiger partial charge in [0.2, 0.25) is 0 Å². The van der Waals surface area contributed by atoms with Crippen LogP contribution in [0.3, 0.4) is 0 Å². The molecule has 6 heteroatoms. The number of aromatic nitrogens is 2. The molecule has 6 nitrogen and oxygen atoms in total. The van der Waals surface area contributed by atoms with Crippen LogP contribution in [0.25, 0.3) is 0 Å². The topological polar surface area (TPSA) is 76.1 Å². The van der Waals surface area contributed by atoms with E-state index in [9.17, 15) is 4.79 Å². The molecule has 0 aliphatic carbocycles. The monoisotopic (exact) mass is 362 g/mol. The van der Waals surface area contributed by atoms with Gasteiger partial charge in [-0.2, -0.15) is 0 Å². The minimum Gasteiger partial charge on any atom is -0.492 e. The molecule has 0 unspecified atom stereocenters. The number of carbonyl (C=O) groups is 1. The summed E-state index contributed by atoms with van der Waals surface area (Å²) < 4.78 is 5.60. The van der Waals surface area contributed by atoms with Gasteiger partial charge in [0.05, 0.1) is 12.3 Å². The summed E-state index contributed by atoms with van der Waals surface area (Å²) in [7, 11) is 0. The van der Waals surface area contributed by atoms with Gasteiger partial charge < -0.3 is 15.4 Å². The molecule has 138 valence electrons. The molecule has 2 aromatic carbocycles. The summed E-state index contributed by atoms with van der Waals surface area (Å²) in [5, 5.41) is 6.07. The maximum absolute atomic E-state index is 12.6. The highest BCUT2D eigenvalue weighted by atomic mass is 16.5. The van der Waals surface area contributed by atoms with E-state index in [1.54, 1.807) is 6.07 Å². The summed E-state index contributed by atoms with van der Waals surface area (Å²) in [5.74, 6) is 0.952. The molecule has 27 heavy (non-hydrogen) atoms. The minimum absolute atomic E-state index is 0.279. The highest BCUT2D eigenvalue weighted by Crippen LogP contribution is 2.26. The van der Waals surface area contributed by atoms with Gasteiger partial charge >= 0.3 is 0 Å². The molecule has 1 heterocycles. The number of carbonyl (C=O) groups excluding carboxylic acids is 1. The van der Waals surface area contributed by atoms with E-state index in [-0.39, 0.29) is 11.6 Å². The lowest BCUT2D eigenvalue weighted by atomic mass is 10.1. The number of amides is 1. The number of aryl methyl sites for hydroxylation is 2. The SMILES string of the molecule is CCOc1ccccc1Nc1cc(C(=O)Nc2ccc(C)cc2C)ncn1. The van der Waals surface area contributed by atoms with E-state index in [1.165, 1.54) is 6.33 Å². The second kappa shape index (κ2) is 8.31. The first-order chi connectivity index (χ1) is 13.1. The zero-order valence-electron chi connectivity index (χ0n) is 15.6. The van der Waals surface area contributed by atoms with Crippen LogP contribution in [-0.4, -0.2) is 22.5 Å². The molecule has 0 aliphatic heterocycles. The van der Waals surface area contributed by atoms with Gasteiger partial charge in [-0.05, 0) is 44.5 Å². The lowest BCUT2D eigenvalue weighted by molar-refractivity contribution is 0.102. The Morgan fingerprint density at radius 3 is 2.63 bits per heavy atom. The number of hydrogen-bond donors (Lipinski definition) is 2. The summed E-state index contributed by atoms with van der Waals surface area (Å²) in [6.45, 7) is 6.46. The Kier molecular flexibility index (Phi) is 5.66. The fraction of sp³-hybridized carbons (Fsp3) is 0.190. The van der Waals surface area contributed by atoms with Crippen molar-refractivity contribution in [2.45, 2.75) is 20.8 Å². The van der Waals surface area contributed by atoms with Crippen LogP contribution in [0.1, 0.15) is 28.5 Å². The Bertz CT molecular complexity index is 956. The van der Waals surface area contributed by atoms with Crippen molar-refractivity contribution in [3.63, 3.8) is 0 Å². The molecule has 1 amide bonds. The molecule has 0 atom stereocenters. The third kappa shape index (κ3) is 4.61. The second-order valence-electron chi connectivity index (χ2n) is 6.12. The first-order valence-corrected chi connectivity index (χ1v) is 8.76. The molecule has 0 bridgehead atoms. The molecule has 0 saturated carbocycles. The van der Waals surface area contributed by atoms with Crippen molar-refractivity contribution >= 4 is 23.1 Å². The zero-order valence-corrected chi connectivity index (χ0v) is 15.6. The van der Waals surface area contributed by atoms with Gasteiger partial charge in [0, 0.05) is 11.8 Å². The summed E-state index contributed by atoms with van der Waals surface area (Å²) >= 11 is 0. The van der Waals surface area contributed by atoms with Crippen LogP contribution in [0.5, 0.6) is 5.75 Å². The number of nitrogens with zero attached hydrogens (tertiary/aromatic N) is 2. The van der Waals surface area contributed by atoms with Crippen LogP contribution in [0.15, 0.2) is 54.9 Å². The zero-order chi connectivity index (χ0) is 19.2. The fourth-order valence-corrected chi connectivity index (χ4v) is 2.68. The van der Waals surface area contributed by atoms with Crippen molar-refractivity contribution in [1.29, 1.82) is 0 Å². The Balaban J connectivity index is 1.78. The van der Waals surface area contributed by atoms with E-state index < -0.39 is 0 Å². The number of anilines is 3. The lowest BCUT2D eigenvalue weighted by Gasteiger charge is -2.12. The second-order valence-corrected chi connectivity index (χ2v) is 6.12. The number of ether oxygens (including phenoxy) is 1. The Labute approximate surface area is 158 Å². The standard InChI is InChI=1S/C21H22N4O2/c1-4-27-19-8-6-5-7-17(19)24-20-12-18(22-13-23-20)21(26)25-16-10-9-14(2)11-15(16)3/h5-13H,4H2,1-3H3,(H,25,26)(H,22,23,24).